The first-order valence-electron chi connectivity index (χ1n) is 8.67. The van der Waals surface area contributed by atoms with E-state index in [4.69, 9.17) is 4.74 Å². The molecule has 0 aliphatic carbocycles. The number of aryl methyl sites for hydroxylation is 1. The fourth-order valence-corrected chi connectivity index (χ4v) is 2.49. The number of amides is 2. The van der Waals surface area contributed by atoms with Gasteiger partial charge < -0.3 is 19.7 Å². The van der Waals surface area contributed by atoms with Gasteiger partial charge >= 0.3 is 6.36 Å². The molecule has 2 aromatic carbocycles. The highest BCUT2D eigenvalue weighted by Crippen LogP contribution is 2.24. The van der Waals surface area contributed by atoms with Crippen molar-refractivity contribution in [3.8, 4) is 11.5 Å². The van der Waals surface area contributed by atoms with Gasteiger partial charge in [-0.2, -0.15) is 0 Å². The summed E-state index contributed by atoms with van der Waals surface area (Å²) < 4.78 is 45.8. The highest BCUT2D eigenvalue weighted by molar-refractivity contribution is 5.95. The smallest absolute Gasteiger partial charge is 0.481 e. The zero-order valence-corrected chi connectivity index (χ0v) is 16.1. The van der Waals surface area contributed by atoms with Crippen molar-refractivity contribution >= 4 is 17.5 Å². The van der Waals surface area contributed by atoms with E-state index in [-0.39, 0.29) is 12.2 Å². The van der Waals surface area contributed by atoms with E-state index in [1.165, 1.54) is 24.1 Å². The van der Waals surface area contributed by atoms with Gasteiger partial charge in [0.2, 0.25) is 5.91 Å². The van der Waals surface area contributed by atoms with Crippen LogP contribution >= 0.6 is 0 Å². The number of benzene rings is 2. The molecule has 29 heavy (non-hydrogen) atoms. The van der Waals surface area contributed by atoms with Gasteiger partial charge in [0.05, 0.1) is 6.54 Å². The van der Waals surface area contributed by atoms with Gasteiger partial charge in [-0.15, -0.1) is 13.2 Å². The molecule has 0 aliphatic rings. The SMILES string of the molecule is Cc1cccc(O[C@@H](C)C(=O)N(C)CC(=O)Nc2ccc(OC(F)(F)F)cc2)c1. The molecule has 2 rings (SSSR count). The molecule has 6 nitrogen and oxygen atoms in total. The van der Waals surface area contributed by atoms with Crippen LogP contribution in [-0.2, 0) is 9.59 Å². The predicted octanol–water partition coefficient (Wildman–Crippen LogP) is 3.76. The maximum atomic E-state index is 12.4. The van der Waals surface area contributed by atoms with Crippen LogP contribution in [0.4, 0.5) is 18.9 Å². The zero-order valence-electron chi connectivity index (χ0n) is 16.1. The third-order valence-electron chi connectivity index (χ3n) is 3.78. The summed E-state index contributed by atoms with van der Waals surface area (Å²) in [4.78, 5) is 25.7. The quantitative estimate of drug-likeness (QED) is 0.755. The number of hydrogen-bond acceptors (Lipinski definition) is 4. The zero-order chi connectivity index (χ0) is 21.6. The lowest BCUT2D eigenvalue weighted by Gasteiger charge is -2.22. The Hall–Kier alpha value is -3.23. The number of anilines is 1. The molecule has 1 N–H and O–H groups in total. The topological polar surface area (TPSA) is 67.9 Å². The summed E-state index contributed by atoms with van der Waals surface area (Å²) in [6, 6.07) is 11.9. The van der Waals surface area contributed by atoms with Crippen molar-refractivity contribution in [2.24, 2.45) is 0 Å². The number of likely N-dealkylation sites (N-methyl/N-ethyl adjacent to an activating group) is 1. The van der Waals surface area contributed by atoms with Gasteiger partial charge in [-0.1, -0.05) is 12.1 Å². The third kappa shape index (κ3) is 7.36. The second-order valence-electron chi connectivity index (χ2n) is 6.39. The second kappa shape index (κ2) is 9.31. The van der Waals surface area contributed by atoms with Crippen molar-refractivity contribution in [2.45, 2.75) is 26.3 Å². The Morgan fingerprint density at radius 3 is 2.34 bits per heavy atom. The number of nitrogens with one attached hydrogen (secondary N) is 1. The van der Waals surface area contributed by atoms with Crippen LogP contribution in [0.25, 0.3) is 0 Å². The monoisotopic (exact) mass is 410 g/mol. The van der Waals surface area contributed by atoms with Crippen LogP contribution in [0.1, 0.15) is 12.5 Å². The van der Waals surface area contributed by atoms with E-state index in [1.807, 2.05) is 19.1 Å². The number of halogens is 3. The minimum absolute atomic E-state index is 0.249. The molecule has 0 unspecified atom stereocenters. The van der Waals surface area contributed by atoms with Crippen LogP contribution < -0.4 is 14.8 Å². The number of nitrogens with zero attached hydrogens (tertiary/aromatic N) is 1. The minimum Gasteiger partial charge on any atom is -0.481 e. The number of ether oxygens (including phenoxy) is 2. The highest BCUT2D eigenvalue weighted by Gasteiger charge is 2.31. The minimum atomic E-state index is -4.79. The predicted molar refractivity (Wildman–Crippen MR) is 101 cm³/mol. The molecule has 9 heteroatoms. The van der Waals surface area contributed by atoms with E-state index < -0.39 is 30.0 Å². The first-order valence-corrected chi connectivity index (χ1v) is 8.67. The van der Waals surface area contributed by atoms with Crippen LogP contribution in [0.3, 0.4) is 0 Å². The number of carbonyl (C=O) groups is 2. The van der Waals surface area contributed by atoms with Crippen molar-refractivity contribution in [1.29, 1.82) is 0 Å². The van der Waals surface area contributed by atoms with Crippen LogP contribution in [0, 0.1) is 6.92 Å². The van der Waals surface area contributed by atoms with E-state index in [9.17, 15) is 22.8 Å². The molecule has 0 spiro atoms. The molecule has 0 fully saturated rings. The molecule has 2 aromatic rings. The molecule has 0 bridgehead atoms. The average Bonchev–Trinajstić information content (AvgIpc) is 2.61. The van der Waals surface area contributed by atoms with Gasteiger partial charge in [-0.25, -0.2) is 0 Å². The van der Waals surface area contributed by atoms with E-state index in [1.54, 1.807) is 19.1 Å². The average molecular weight is 410 g/mol. The lowest BCUT2D eigenvalue weighted by Crippen LogP contribution is -2.42. The maximum absolute atomic E-state index is 12.4. The Bertz CT molecular complexity index is 854. The highest BCUT2D eigenvalue weighted by atomic mass is 19.4. The summed E-state index contributed by atoms with van der Waals surface area (Å²) in [6.45, 7) is 3.23. The Kier molecular flexibility index (Phi) is 7.08. The molecule has 0 aliphatic heterocycles. The van der Waals surface area contributed by atoms with Crippen LogP contribution in [0.2, 0.25) is 0 Å². The van der Waals surface area contributed by atoms with Gasteiger partial charge in [0.1, 0.15) is 11.5 Å². The van der Waals surface area contributed by atoms with Crippen LogP contribution in [-0.4, -0.2) is 42.8 Å². The van der Waals surface area contributed by atoms with Gasteiger partial charge in [0.25, 0.3) is 5.91 Å². The summed E-state index contributed by atoms with van der Waals surface area (Å²) in [5, 5.41) is 2.50. The Morgan fingerprint density at radius 2 is 1.76 bits per heavy atom. The fourth-order valence-electron chi connectivity index (χ4n) is 2.49. The first kappa shape index (κ1) is 22.1. The van der Waals surface area contributed by atoms with E-state index in [0.717, 1.165) is 17.7 Å². The molecule has 1 atom stereocenters. The van der Waals surface area contributed by atoms with Gasteiger partial charge in [0.15, 0.2) is 6.10 Å². The number of hydrogen-bond donors (Lipinski definition) is 1. The summed E-state index contributed by atoms with van der Waals surface area (Å²) in [5.74, 6) is -0.751. The summed E-state index contributed by atoms with van der Waals surface area (Å²) >= 11 is 0. The molecule has 0 saturated carbocycles. The Balaban J connectivity index is 1.86. The third-order valence-corrected chi connectivity index (χ3v) is 3.78. The molecular formula is C20H21F3N2O4. The maximum Gasteiger partial charge on any atom is 0.573 e. The Labute approximate surface area is 166 Å². The number of alkyl halides is 3. The number of carbonyl (C=O) groups excluding carboxylic acids is 2. The Morgan fingerprint density at radius 1 is 1.10 bits per heavy atom. The molecule has 0 aromatic heterocycles. The molecule has 0 heterocycles. The largest absolute Gasteiger partial charge is 0.573 e. The molecule has 0 radical (unpaired) electrons. The van der Waals surface area contributed by atoms with Crippen molar-refractivity contribution in [1.82, 2.24) is 4.90 Å². The second-order valence-corrected chi connectivity index (χ2v) is 6.39. The van der Waals surface area contributed by atoms with Crippen LogP contribution in [0.15, 0.2) is 48.5 Å². The van der Waals surface area contributed by atoms with Crippen molar-refractivity contribution < 1.29 is 32.2 Å². The summed E-state index contributed by atoms with van der Waals surface area (Å²) in [7, 11) is 1.46. The standard InChI is InChI=1S/C20H21F3N2O4/c1-13-5-4-6-17(11-13)28-14(2)19(27)25(3)12-18(26)24-15-7-9-16(10-8-15)29-20(21,22)23/h4-11,14H,12H2,1-3H3,(H,24,26)/t14-/m0/s1. The van der Waals surface area contributed by atoms with Gasteiger partial charge in [0, 0.05) is 12.7 Å². The van der Waals surface area contributed by atoms with Crippen molar-refractivity contribution in [2.75, 3.05) is 18.9 Å². The fraction of sp³-hybridized carbons (Fsp3) is 0.300. The normalized spacial score (nSPS) is 12.1. The molecule has 156 valence electrons. The van der Waals surface area contributed by atoms with Crippen molar-refractivity contribution in [3.05, 3.63) is 54.1 Å². The summed E-state index contributed by atoms with van der Waals surface area (Å²) in [5.41, 5.74) is 1.26. The number of rotatable bonds is 7. The van der Waals surface area contributed by atoms with E-state index >= 15 is 0 Å². The van der Waals surface area contributed by atoms with E-state index in [2.05, 4.69) is 10.1 Å². The van der Waals surface area contributed by atoms with Gasteiger partial charge in [-0.3, -0.25) is 9.59 Å². The van der Waals surface area contributed by atoms with Crippen molar-refractivity contribution in [3.63, 3.8) is 0 Å². The summed E-state index contributed by atoms with van der Waals surface area (Å²) in [6.07, 6.45) is -5.58. The lowest BCUT2D eigenvalue weighted by atomic mass is 10.2. The van der Waals surface area contributed by atoms with E-state index in [0.29, 0.717) is 5.75 Å². The first-order chi connectivity index (χ1) is 13.5. The lowest BCUT2D eigenvalue weighted by molar-refractivity contribution is -0.274. The molecular weight excluding hydrogens is 389 g/mol. The van der Waals surface area contributed by atoms with Crippen LogP contribution in [0.5, 0.6) is 11.5 Å². The molecule has 2 amide bonds. The van der Waals surface area contributed by atoms with Gasteiger partial charge in [-0.05, 0) is 55.8 Å². The molecule has 0 saturated heterocycles.